The number of nitrogens with zero attached hydrogens (tertiary/aromatic N) is 1. The maximum atomic E-state index is 12.3. The van der Waals surface area contributed by atoms with Crippen LogP contribution in [-0.4, -0.2) is 36.0 Å². The zero-order valence-electron chi connectivity index (χ0n) is 11.1. The number of carbonyl (C=O) groups excluding carboxylic acids is 2. The molecule has 2 rings (SSSR count). The van der Waals surface area contributed by atoms with E-state index in [4.69, 9.17) is 4.74 Å². The van der Waals surface area contributed by atoms with Gasteiger partial charge in [-0.2, -0.15) is 11.3 Å². The predicted octanol–water partition coefficient (Wildman–Crippen LogP) is 2.23. The van der Waals surface area contributed by atoms with Crippen molar-refractivity contribution in [1.29, 1.82) is 0 Å². The van der Waals surface area contributed by atoms with Crippen molar-refractivity contribution in [2.24, 2.45) is 0 Å². The largest absolute Gasteiger partial charge is 0.464 e. The number of esters is 1. The van der Waals surface area contributed by atoms with Crippen molar-refractivity contribution in [1.82, 2.24) is 4.90 Å². The highest BCUT2D eigenvalue weighted by atomic mass is 32.1. The molecule has 5 heteroatoms. The van der Waals surface area contributed by atoms with Crippen LogP contribution in [0.15, 0.2) is 16.8 Å². The summed E-state index contributed by atoms with van der Waals surface area (Å²) in [6.07, 6.45) is 3.03. The van der Waals surface area contributed by atoms with E-state index >= 15 is 0 Å². The van der Waals surface area contributed by atoms with Crippen molar-refractivity contribution >= 4 is 23.2 Å². The summed E-state index contributed by atoms with van der Waals surface area (Å²) in [5.41, 5.74) is 1.02. The Morgan fingerprint density at radius 2 is 2.32 bits per heavy atom. The van der Waals surface area contributed by atoms with Gasteiger partial charge in [0.15, 0.2) is 0 Å². The van der Waals surface area contributed by atoms with E-state index in [2.05, 4.69) is 0 Å². The minimum atomic E-state index is -0.389. The molecule has 1 aromatic rings. The monoisotopic (exact) mass is 281 g/mol. The molecule has 0 spiro atoms. The Labute approximate surface area is 117 Å². The van der Waals surface area contributed by atoms with Crippen molar-refractivity contribution in [3.63, 3.8) is 0 Å². The van der Waals surface area contributed by atoms with E-state index in [0.717, 1.165) is 18.4 Å². The number of thiophene rings is 1. The first-order valence-corrected chi connectivity index (χ1v) is 7.64. The summed E-state index contributed by atoms with van der Waals surface area (Å²) < 4.78 is 5.07. The zero-order chi connectivity index (χ0) is 13.7. The summed E-state index contributed by atoms with van der Waals surface area (Å²) in [5, 5.41) is 3.93. The van der Waals surface area contributed by atoms with Crippen LogP contribution in [0, 0.1) is 0 Å². The number of carbonyl (C=O) groups is 2. The maximum absolute atomic E-state index is 12.3. The van der Waals surface area contributed by atoms with Crippen LogP contribution in [-0.2, 0) is 20.7 Å². The van der Waals surface area contributed by atoms with Crippen molar-refractivity contribution in [3.8, 4) is 0 Å². The van der Waals surface area contributed by atoms with E-state index in [0.29, 0.717) is 26.0 Å². The third-order valence-electron chi connectivity index (χ3n) is 3.32. The van der Waals surface area contributed by atoms with Gasteiger partial charge in [0.25, 0.3) is 0 Å². The van der Waals surface area contributed by atoms with Crippen LogP contribution in [0.2, 0.25) is 0 Å². The second-order valence-corrected chi connectivity index (χ2v) is 5.44. The molecule has 0 aromatic carbocycles. The van der Waals surface area contributed by atoms with Crippen LogP contribution in [0.4, 0.5) is 0 Å². The molecule has 0 N–H and O–H groups in total. The number of rotatable bonds is 4. The van der Waals surface area contributed by atoms with Gasteiger partial charge in [-0.25, -0.2) is 4.79 Å². The van der Waals surface area contributed by atoms with Crippen LogP contribution >= 0.6 is 11.3 Å². The van der Waals surface area contributed by atoms with Crippen LogP contribution < -0.4 is 0 Å². The molecule has 2 heterocycles. The molecule has 0 bridgehead atoms. The Morgan fingerprint density at radius 1 is 1.47 bits per heavy atom. The van der Waals surface area contributed by atoms with Gasteiger partial charge in [0.1, 0.15) is 6.04 Å². The Morgan fingerprint density at radius 3 is 3.00 bits per heavy atom. The van der Waals surface area contributed by atoms with Gasteiger partial charge in [0.05, 0.1) is 13.0 Å². The van der Waals surface area contributed by atoms with Crippen molar-refractivity contribution in [2.45, 2.75) is 38.6 Å². The molecule has 4 nitrogen and oxygen atoms in total. The highest BCUT2D eigenvalue weighted by molar-refractivity contribution is 7.07. The van der Waals surface area contributed by atoms with E-state index in [9.17, 15) is 9.59 Å². The van der Waals surface area contributed by atoms with E-state index in [1.54, 1.807) is 23.2 Å². The summed E-state index contributed by atoms with van der Waals surface area (Å²) in [4.78, 5) is 25.9. The van der Waals surface area contributed by atoms with Gasteiger partial charge in [0, 0.05) is 6.54 Å². The molecule has 0 aliphatic carbocycles. The average molecular weight is 281 g/mol. The minimum Gasteiger partial charge on any atom is -0.464 e. The number of likely N-dealkylation sites (tertiary alicyclic amines) is 1. The Kier molecular flexibility index (Phi) is 4.96. The Balaban J connectivity index is 2.02. The lowest BCUT2D eigenvalue weighted by Crippen LogP contribution is -2.49. The molecule has 1 atom stereocenters. The number of amides is 1. The van der Waals surface area contributed by atoms with Gasteiger partial charge < -0.3 is 9.64 Å². The highest BCUT2D eigenvalue weighted by Gasteiger charge is 2.32. The third kappa shape index (κ3) is 3.56. The normalized spacial score (nSPS) is 19.2. The van der Waals surface area contributed by atoms with Gasteiger partial charge in [-0.05, 0) is 48.6 Å². The van der Waals surface area contributed by atoms with Crippen LogP contribution in [0.5, 0.6) is 0 Å². The first-order chi connectivity index (χ1) is 9.22. The molecule has 0 radical (unpaired) electrons. The summed E-state index contributed by atoms with van der Waals surface area (Å²) in [6, 6.07) is 1.56. The SMILES string of the molecule is CCOC(=O)[C@@H]1CCCCN1C(=O)Cc1ccsc1. The van der Waals surface area contributed by atoms with E-state index in [1.807, 2.05) is 16.8 Å². The Hall–Kier alpha value is -1.36. The quantitative estimate of drug-likeness (QED) is 0.795. The van der Waals surface area contributed by atoms with Gasteiger partial charge in [-0.15, -0.1) is 0 Å². The van der Waals surface area contributed by atoms with Crippen LogP contribution in [0.3, 0.4) is 0 Å². The fourth-order valence-corrected chi connectivity index (χ4v) is 3.05. The number of hydrogen-bond donors (Lipinski definition) is 0. The Bertz CT molecular complexity index is 430. The topological polar surface area (TPSA) is 46.6 Å². The fraction of sp³-hybridized carbons (Fsp3) is 0.571. The lowest BCUT2D eigenvalue weighted by molar-refractivity contribution is -0.156. The molecular formula is C14H19NO3S. The average Bonchev–Trinajstić information content (AvgIpc) is 2.92. The summed E-state index contributed by atoms with van der Waals surface area (Å²) in [6.45, 7) is 2.81. The first kappa shape index (κ1) is 14.1. The van der Waals surface area contributed by atoms with E-state index < -0.39 is 0 Å². The molecule has 1 saturated heterocycles. The van der Waals surface area contributed by atoms with Gasteiger partial charge >= 0.3 is 5.97 Å². The smallest absolute Gasteiger partial charge is 0.328 e. The molecule has 1 aliphatic rings. The van der Waals surface area contributed by atoms with E-state index in [-0.39, 0.29) is 17.9 Å². The molecule has 0 saturated carbocycles. The molecule has 104 valence electrons. The lowest BCUT2D eigenvalue weighted by atomic mass is 10.0. The molecule has 1 aliphatic heterocycles. The summed E-state index contributed by atoms with van der Waals surface area (Å²) in [7, 11) is 0. The molecule has 1 aromatic heterocycles. The van der Waals surface area contributed by atoms with Crippen molar-refractivity contribution in [3.05, 3.63) is 22.4 Å². The fourth-order valence-electron chi connectivity index (χ4n) is 2.38. The summed E-state index contributed by atoms with van der Waals surface area (Å²) in [5.74, 6) is -0.239. The second kappa shape index (κ2) is 6.70. The van der Waals surface area contributed by atoms with Crippen molar-refractivity contribution < 1.29 is 14.3 Å². The minimum absolute atomic E-state index is 0.0242. The standard InChI is InChI=1S/C14H19NO3S/c1-2-18-14(17)12-5-3-4-7-15(12)13(16)9-11-6-8-19-10-11/h6,8,10,12H,2-5,7,9H2,1H3/t12-/m0/s1. The van der Waals surface area contributed by atoms with Crippen LogP contribution in [0.1, 0.15) is 31.7 Å². The van der Waals surface area contributed by atoms with Crippen molar-refractivity contribution in [2.75, 3.05) is 13.2 Å². The molecule has 1 amide bonds. The molecule has 0 unspecified atom stereocenters. The number of ether oxygens (including phenoxy) is 1. The third-order valence-corrected chi connectivity index (χ3v) is 4.05. The van der Waals surface area contributed by atoms with Gasteiger partial charge in [-0.3, -0.25) is 4.79 Å². The molecule has 19 heavy (non-hydrogen) atoms. The summed E-state index contributed by atoms with van der Waals surface area (Å²) >= 11 is 1.58. The lowest BCUT2D eigenvalue weighted by Gasteiger charge is -2.34. The first-order valence-electron chi connectivity index (χ1n) is 6.69. The zero-order valence-corrected chi connectivity index (χ0v) is 11.9. The predicted molar refractivity (Wildman–Crippen MR) is 74.0 cm³/mol. The second-order valence-electron chi connectivity index (χ2n) is 4.66. The van der Waals surface area contributed by atoms with Gasteiger partial charge in [0.2, 0.25) is 5.91 Å². The van der Waals surface area contributed by atoms with Gasteiger partial charge in [-0.1, -0.05) is 0 Å². The maximum Gasteiger partial charge on any atom is 0.328 e. The van der Waals surface area contributed by atoms with E-state index in [1.165, 1.54) is 0 Å². The number of hydrogen-bond acceptors (Lipinski definition) is 4. The highest BCUT2D eigenvalue weighted by Crippen LogP contribution is 2.20. The molecule has 1 fully saturated rings. The van der Waals surface area contributed by atoms with Crippen LogP contribution in [0.25, 0.3) is 0 Å². The molecular weight excluding hydrogens is 262 g/mol. The number of piperidine rings is 1.